The number of hydrogen-bond acceptors (Lipinski definition) is 4. The van der Waals surface area contributed by atoms with Crippen molar-refractivity contribution < 1.29 is 4.79 Å². The van der Waals surface area contributed by atoms with Crippen molar-refractivity contribution in [2.75, 3.05) is 5.32 Å². The topological polar surface area (TPSA) is 45.2 Å². The first-order valence-corrected chi connectivity index (χ1v) is 13.2. The van der Waals surface area contributed by atoms with Gasteiger partial charge in [0.25, 0.3) is 0 Å². The van der Waals surface area contributed by atoms with Crippen LogP contribution in [0.3, 0.4) is 0 Å². The minimum atomic E-state index is 0.270. The van der Waals surface area contributed by atoms with Gasteiger partial charge in [0.15, 0.2) is 3.79 Å². The van der Waals surface area contributed by atoms with E-state index < -0.39 is 0 Å². The van der Waals surface area contributed by atoms with E-state index in [1.54, 1.807) is 0 Å². The maximum absolute atomic E-state index is 12.0. The van der Waals surface area contributed by atoms with Gasteiger partial charge in [-0.2, -0.15) is 0 Å². The zero-order valence-electron chi connectivity index (χ0n) is 18.5. The first kappa shape index (κ1) is 21.6. The largest absolute Gasteiger partial charge is 0.367 e. The maximum atomic E-state index is 12.0. The van der Waals surface area contributed by atoms with Gasteiger partial charge >= 0.3 is 0 Å². The van der Waals surface area contributed by atoms with E-state index in [9.17, 15) is 4.79 Å². The van der Waals surface area contributed by atoms with Crippen molar-refractivity contribution in [2.45, 2.75) is 89.4 Å². The zero-order valence-corrected chi connectivity index (χ0v) is 20.7. The molecule has 2 unspecified atom stereocenters. The number of pyridine rings is 1. The molecule has 3 heterocycles. The minimum absolute atomic E-state index is 0.270. The highest BCUT2D eigenvalue weighted by molar-refractivity contribution is 14.1. The number of anilines is 1. The highest BCUT2D eigenvalue weighted by atomic mass is 127. The van der Waals surface area contributed by atoms with Gasteiger partial charge < -0.3 is 5.32 Å². The molecule has 0 spiro atoms. The third-order valence-electron chi connectivity index (χ3n) is 7.97. The number of hydrogen-bond donors (Lipinski definition) is 1. The fraction of sp³-hybridized carbons (Fsp3) is 0.615. The molecule has 3 aliphatic rings. The number of nitrogens with one attached hydrogen (secondary N) is 1. The number of nitrogens with zero attached hydrogens (tertiary/aromatic N) is 2. The summed E-state index contributed by atoms with van der Waals surface area (Å²) in [6.45, 7) is 3.36. The molecule has 2 saturated heterocycles. The van der Waals surface area contributed by atoms with Crippen LogP contribution in [-0.2, 0) is 11.3 Å². The molecule has 0 radical (unpaired) electrons. The summed E-state index contributed by atoms with van der Waals surface area (Å²) in [6, 6.07) is 10.8. The van der Waals surface area contributed by atoms with Gasteiger partial charge in [0.2, 0.25) is 0 Å². The summed E-state index contributed by atoms with van der Waals surface area (Å²) < 4.78 is 0.359. The lowest BCUT2D eigenvalue weighted by atomic mass is 9.78. The van der Waals surface area contributed by atoms with Crippen molar-refractivity contribution >= 4 is 43.0 Å². The van der Waals surface area contributed by atoms with Gasteiger partial charge in [-0.25, -0.2) is 4.98 Å². The number of aromatic nitrogens is 1. The fourth-order valence-electron chi connectivity index (χ4n) is 6.11. The number of rotatable bonds is 5. The molecule has 1 saturated carbocycles. The third kappa shape index (κ3) is 4.92. The van der Waals surface area contributed by atoms with Gasteiger partial charge in [0, 0.05) is 42.2 Å². The highest BCUT2D eigenvalue weighted by Gasteiger charge is 2.39. The first-order valence-electron chi connectivity index (χ1n) is 12.2. The minimum Gasteiger partial charge on any atom is -0.367 e. The van der Waals surface area contributed by atoms with Crippen LogP contribution in [0.5, 0.6) is 0 Å². The number of halogens is 1. The Hall–Kier alpha value is -1.21. The molecule has 31 heavy (non-hydrogen) atoms. The van der Waals surface area contributed by atoms with Crippen LogP contribution in [-0.4, -0.2) is 31.8 Å². The second-order valence-corrected chi connectivity index (χ2v) is 11.3. The van der Waals surface area contributed by atoms with Crippen LogP contribution in [0.1, 0.15) is 70.3 Å². The number of carbonyl (C=O) groups is 1. The second-order valence-electron chi connectivity index (χ2n) is 10.2. The van der Waals surface area contributed by atoms with E-state index in [-0.39, 0.29) is 5.92 Å². The van der Waals surface area contributed by atoms with E-state index >= 15 is 0 Å². The SMILES string of the molecule is CC1CCC(Nc2cc3ccc(CN4C5CCCC4CC(C(=O)I)C5)cc3cn2)CC1. The van der Waals surface area contributed by atoms with E-state index in [1.807, 2.05) is 28.8 Å². The Labute approximate surface area is 199 Å². The van der Waals surface area contributed by atoms with Gasteiger partial charge in [0.1, 0.15) is 5.82 Å². The summed E-state index contributed by atoms with van der Waals surface area (Å²) in [5, 5.41) is 6.15. The van der Waals surface area contributed by atoms with Crippen LogP contribution < -0.4 is 5.32 Å². The van der Waals surface area contributed by atoms with E-state index in [0.29, 0.717) is 21.9 Å². The van der Waals surface area contributed by atoms with Crippen LogP contribution >= 0.6 is 22.6 Å². The number of fused-ring (bicyclic) bond motifs is 3. The third-order valence-corrected chi connectivity index (χ3v) is 8.85. The van der Waals surface area contributed by atoms with Crippen LogP contribution in [0.4, 0.5) is 5.82 Å². The predicted molar refractivity (Wildman–Crippen MR) is 136 cm³/mol. The molecular formula is C26H34IN3O. The van der Waals surface area contributed by atoms with E-state index in [2.05, 4.69) is 41.4 Å². The van der Waals surface area contributed by atoms with Crippen molar-refractivity contribution in [2.24, 2.45) is 11.8 Å². The zero-order chi connectivity index (χ0) is 21.4. The normalized spacial score (nSPS) is 31.5. The maximum Gasteiger partial charge on any atom is 0.195 e. The molecular weight excluding hydrogens is 497 g/mol. The molecule has 1 N–H and O–H groups in total. The molecule has 3 fully saturated rings. The number of benzene rings is 1. The molecule has 5 rings (SSSR count). The predicted octanol–water partition coefficient (Wildman–Crippen LogP) is 6.32. The quantitative estimate of drug-likeness (QED) is 0.362. The lowest BCUT2D eigenvalue weighted by Gasteiger charge is -2.48. The Balaban J connectivity index is 1.27. The van der Waals surface area contributed by atoms with Crippen LogP contribution in [0.15, 0.2) is 30.5 Å². The van der Waals surface area contributed by atoms with Gasteiger partial charge in [-0.1, -0.05) is 25.5 Å². The molecule has 1 aromatic carbocycles. The van der Waals surface area contributed by atoms with Crippen molar-refractivity contribution in [1.29, 1.82) is 0 Å². The second kappa shape index (κ2) is 9.34. The monoisotopic (exact) mass is 531 g/mol. The number of carbonyl (C=O) groups excluding carboxylic acids is 1. The Morgan fingerprint density at radius 3 is 2.52 bits per heavy atom. The van der Waals surface area contributed by atoms with Gasteiger partial charge in [-0.15, -0.1) is 0 Å². The first-order chi connectivity index (χ1) is 15.0. The summed E-state index contributed by atoms with van der Waals surface area (Å²) in [6.07, 6.45) is 13.1. The van der Waals surface area contributed by atoms with Crippen LogP contribution in [0.25, 0.3) is 10.8 Å². The van der Waals surface area contributed by atoms with Crippen molar-refractivity contribution in [3.05, 3.63) is 36.0 Å². The summed E-state index contributed by atoms with van der Waals surface area (Å²) in [4.78, 5) is 19.4. The lowest BCUT2D eigenvalue weighted by molar-refractivity contribution is -0.116. The van der Waals surface area contributed by atoms with E-state index in [4.69, 9.17) is 4.98 Å². The molecule has 5 heteroatoms. The van der Waals surface area contributed by atoms with Gasteiger partial charge in [-0.05, 0) is 103 Å². The summed E-state index contributed by atoms with van der Waals surface area (Å²) in [5.41, 5.74) is 1.37. The standard InChI is InChI=1S/C26H34IN3O/c1-17-5-9-22(10-6-17)29-25-14-19-8-7-18(11-21(19)15-28-25)16-30-23-3-2-4-24(30)13-20(12-23)26(27)31/h7-8,11,14-15,17,20,22-24H,2-6,9-10,12-13,16H2,1H3,(H,28,29). The summed E-state index contributed by atoms with van der Waals surface area (Å²) in [7, 11) is 0. The smallest absolute Gasteiger partial charge is 0.195 e. The lowest BCUT2D eigenvalue weighted by Crippen LogP contribution is -2.52. The molecule has 166 valence electrons. The van der Waals surface area contributed by atoms with Crippen molar-refractivity contribution in [1.82, 2.24) is 9.88 Å². The van der Waals surface area contributed by atoms with Crippen molar-refractivity contribution in [3.63, 3.8) is 0 Å². The molecule has 1 aromatic heterocycles. The van der Waals surface area contributed by atoms with Gasteiger partial charge in [0.05, 0.1) is 0 Å². The van der Waals surface area contributed by atoms with E-state index in [1.165, 1.54) is 61.3 Å². The van der Waals surface area contributed by atoms with E-state index in [0.717, 1.165) is 31.1 Å². The Bertz CT molecular complexity index is 925. The Morgan fingerprint density at radius 2 is 1.81 bits per heavy atom. The average Bonchev–Trinajstić information content (AvgIpc) is 2.75. The molecule has 2 aromatic rings. The molecule has 4 nitrogen and oxygen atoms in total. The highest BCUT2D eigenvalue weighted by Crippen LogP contribution is 2.39. The van der Waals surface area contributed by atoms with Gasteiger partial charge in [-0.3, -0.25) is 9.69 Å². The average molecular weight is 531 g/mol. The molecule has 2 bridgehead atoms. The molecule has 1 aliphatic carbocycles. The summed E-state index contributed by atoms with van der Waals surface area (Å²) in [5.74, 6) is 2.15. The molecule has 2 aliphatic heterocycles. The van der Waals surface area contributed by atoms with Crippen LogP contribution in [0.2, 0.25) is 0 Å². The Kier molecular flexibility index (Phi) is 6.52. The molecule has 2 atom stereocenters. The van der Waals surface area contributed by atoms with Crippen molar-refractivity contribution in [3.8, 4) is 0 Å². The van der Waals surface area contributed by atoms with Crippen LogP contribution in [0, 0.1) is 11.8 Å². The Morgan fingerprint density at radius 1 is 1.06 bits per heavy atom. The summed E-state index contributed by atoms with van der Waals surface area (Å²) >= 11 is 2.01. The fourth-order valence-corrected chi connectivity index (χ4v) is 6.62. The number of piperidine rings is 2. The molecule has 0 amide bonds.